The van der Waals surface area contributed by atoms with Crippen molar-refractivity contribution in [1.29, 1.82) is 0 Å². The molecule has 2 aromatic rings. The van der Waals surface area contributed by atoms with Crippen LogP contribution in [-0.4, -0.2) is 6.03 Å². The standard InChI is InChI=1S/C16H16F2N2O/c1-10-5-11(2)7-12(6-10)9-19-16(21)20-15-8-13(17)3-4-14(15)18/h3-8H,9H2,1-2H3,(H2,19,20,21). The van der Waals surface area contributed by atoms with Crippen molar-refractivity contribution in [3.05, 3.63) is 64.7 Å². The van der Waals surface area contributed by atoms with E-state index >= 15 is 0 Å². The van der Waals surface area contributed by atoms with Gasteiger partial charge in [-0.15, -0.1) is 0 Å². The number of carbonyl (C=O) groups excluding carboxylic acids is 1. The predicted octanol–water partition coefficient (Wildman–Crippen LogP) is 3.90. The van der Waals surface area contributed by atoms with Gasteiger partial charge in [-0.3, -0.25) is 0 Å². The van der Waals surface area contributed by atoms with E-state index in [4.69, 9.17) is 0 Å². The van der Waals surface area contributed by atoms with E-state index in [0.717, 1.165) is 34.9 Å². The van der Waals surface area contributed by atoms with Gasteiger partial charge in [0.25, 0.3) is 0 Å². The molecule has 3 nitrogen and oxygen atoms in total. The molecule has 21 heavy (non-hydrogen) atoms. The molecule has 2 aromatic carbocycles. The third kappa shape index (κ3) is 4.27. The Morgan fingerprint density at radius 2 is 1.71 bits per heavy atom. The van der Waals surface area contributed by atoms with Gasteiger partial charge in [0.05, 0.1) is 5.69 Å². The van der Waals surface area contributed by atoms with Crippen molar-refractivity contribution < 1.29 is 13.6 Å². The van der Waals surface area contributed by atoms with E-state index in [1.807, 2.05) is 32.0 Å². The topological polar surface area (TPSA) is 41.1 Å². The van der Waals surface area contributed by atoms with Gasteiger partial charge in [0.2, 0.25) is 0 Å². The molecule has 2 N–H and O–H groups in total. The van der Waals surface area contributed by atoms with Crippen molar-refractivity contribution in [3.63, 3.8) is 0 Å². The Bertz CT molecular complexity index is 651. The van der Waals surface area contributed by atoms with E-state index in [1.165, 1.54) is 0 Å². The van der Waals surface area contributed by atoms with Crippen LogP contribution < -0.4 is 10.6 Å². The number of urea groups is 1. The van der Waals surface area contributed by atoms with E-state index in [9.17, 15) is 13.6 Å². The SMILES string of the molecule is Cc1cc(C)cc(CNC(=O)Nc2cc(F)ccc2F)c1. The second-order valence-corrected chi connectivity index (χ2v) is 4.93. The molecule has 2 rings (SSSR count). The molecule has 0 atom stereocenters. The van der Waals surface area contributed by atoms with Gasteiger partial charge in [-0.25, -0.2) is 13.6 Å². The number of carbonyl (C=O) groups is 1. The van der Waals surface area contributed by atoms with Crippen molar-refractivity contribution >= 4 is 11.7 Å². The molecule has 0 heterocycles. The van der Waals surface area contributed by atoms with Crippen LogP contribution in [0.1, 0.15) is 16.7 Å². The maximum Gasteiger partial charge on any atom is 0.319 e. The van der Waals surface area contributed by atoms with Crippen LogP contribution in [0.5, 0.6) is 0 Å². The number of benzene rings is 2. The molecule has 110 valence electrons. The van der Waals surface area contributed by atoms with Crippen LogP contribution in [0.25, 0.3) is 0 Å². The van der Waals surface area contributed by atoms with Crippen LogP contribution in [0.2, 0.25) is 0 Å². The van der Waals surface area contributed by atoms with Gasteiger partial charge in [0.15, 0.2) is 0 Å². The summed E-state index contributed by atoms with van der Waals surface area (Å²) in [5.74, 6) is -1.29. The fourth-order valence-corrected chi connectivity index (χ4v) is 2.11. The highest BCUT2D eigenvalue weighted by Crippen LogP contribution is 2.15. The van der Waals surface area contributed by atoms with E-state index in [1.54, 1.807) is 0 Å². The highest BCUT2D eigenvalue weighted by molar-refractivity contribution is 5.89. The van der Waals surface area contributed by atoms with Crippen molar-refractivity contribution in [2.24, 2.45) is 0 Å². The zero-order chi connectivity index (χ0) is 15.4. The van der Waals surface area contributed by atoms with Gasteiger partial charge in [0, 0.05) is 12.6 Å². The number of hydrogen-bond acceptors (Lipinski definition) is 1. The van der Waals surface area contributed by atoms with Gasteiger partial charge >= 0.3 is 6.03 Å². The highest BCUT2D eigenvalue weighted by Gasteiger charge is 2.08. The van der Waals surface area contributed by atoms with Crippen molar-refractivity contribution in [1.82, 2.24) is 5.32 Å². The highest BCUT2D eigenvalue weighted by atomic mass is 19.1. The van der Waals surface area contributed by atoms with Crippen LogP contribution >= 0.6 is 0 Å². The van der Waals surface area contributed by atoms with Crippen molar-refractivity contribution in [2.75, 3.05) is 5.32 Å². The molecule has 0 aromatic heterocycles. The minimum Gasteiger partial charge on any atom is -0.334 e. The molecule has 0 saturated carbocycles. The smallest absolute Gasteiger partial charge is 0.319 e. The summed E-state index contributed by atoms with van der Waals surface area (Å²) in [6, 6.07) is 8.26. The first-order chi connectivity index (χ1) is 9.94. The minimum atomic E-state index is -0.682. The molecule has 0 fully saturated rings. The van der Waals surface area contributed by atoms with Crippen molar-refractivity contribution in [3.8, 4) is 0 Å². The molecule has 2 amide bonds. The molecular weight excluding hydrogens is 274 g/mol. The maximum atomic E-state index is 13.4. The van der Waals surface area contributed by atoms with Gasteiger partial charge in [-0.1, -0.05) is 29.3 Å². The Morgan fingerprint density at radius 3 is 2.38 bits per heavy atom. The second-order valence-electron chi connectivity index (χ2n) is 4.93. The third-order valence-electron chi connectivity index (χ3n) is 2.91. The maximum absolute atomic E-state index is 13.4. The number of hydrogen-bond donors (Lipinski definition) is 2. The van der Waals surface area contributed by atoms with E-state index < -0.39 is 17.7 Å². The molecular formula is C16H16F2N2O. The van der Waals surface area contributed by atoms with E-state index in [0.29, 0.717) is 6.54 Å². The first kappa shape index (κ1) is 15.0. The summed E-state index contributed by atoms with van der Waals surface area (Å²) in [6.45, 7) is 4.25. The van der Waals surface area contributed by atoms with Gasteiger partial charge in [0.1, 0.15) is 11.6 Å². The monoisotopic (exact) mass is 290 g/mol. The number of aryl methyl sites for hydroxylation is 2. The number of halogens is 2. The lowest BCUT2D eigenvalue weighted by Gasteiger charge is -2.09. The van der Waals surface area contributed by atoms with Gasteiger partial charge < -0.3 is 10.6 Å². The summed E-state index contributed by atoms with van der Waals surface area (Å²) in [7, 11) is 0. The lowest BCUT2D eigenvalue weighted by molar-refractivity contribution is 0.251. The first-order valence-corrected chi connectivity index (χ1v) is 6.51. The average Bonchev–Trinajstić information content (AvgIpc) is 2.40. The molecule has 5 heteroatoms. The molecule has 0 unspecified atom stereocenters. The minimum absolute atomic E-state index is 0.187. The molecule has 0 spiro atoms. The zero-order valence-corrected chi connectivity index (χ0v) is 11.8. The Kier molecular flexibility index (Phi) is 4.52. The van der Waals surface area contributed by atoms with E-state index in [2.05, 4.69) is 10.6 Å². The van der Waals surface area contributed by atoms with Crippen LogP contribution in [0.4, 0.5) is 19.3 Å². The summed E-state index contributed by atoms with van der Waals surface area (Å²) in [5, 5.41) is 4.89. The molecule has 0 bridgehead atoms. The number of nitrogens with one attached hydrogen (secondary N) is 2. The average molecular weight is 290 g/mol. The Labute approximate surface area is 122 Å². The molecule has 0 aliphatic rings. The van der Waals surface area contributed by atoms with Crippen molar-refractivity contribution in [2.45, 2.75) is 20.4 Å². The fraction of sp³-hybridized carbons (Fsp3) is 0.188. The fourth-order valence-electron chi connectivity index (χ4n) is 2.11. The predicted molar refractivity (Wildman–Crippen MR) is 78.1 cm³/mol. The van der Waals surface area contributed by atoms with Crippen LogP contribution in [0.3, 0.4) is 0 Å². The summed E-state index contributed by atoms with van der Waals surface area (Å²) in [5.41, 5.74) is 2.96. The first-order valence-electron chi connectivity index (χ1n) is 6.51. The van der Waals surface area contributed by atoms with Crippen LogP contribution in [0.15, 0.2) is 36.4 Å². The Hall–Kier alpha value is -2.43. The number of rotatable bonds is 3. The summed E-state index contributed by atoms with van der Waals surface area (Å²) < 4.78 is 26.4. The Morgan fingerprint density at radius 1 is 1.05 bits per heavy atom. The largest absolute Gasteiger partial charge is 0.334 e. The quantitative estimate of drug-likeness (QED) is 0.884. The lowest BCUT2D eigenvalue weighted by atomic mass is 10.1. The Balaban J connectivity index is 1.97. The lowest BCUT2D eigenvalue weighted by Crippen LogP contribution is -2.28. The molecule has 0 saturated heterocycles. The van der Waals surface area contributed by atoms with Crippen LogP contribution in [-0.2, 0) is 6.54 Å². The molecule has 0 radical (unpaired) electrons. The molecule has 0 aliphatic carbocycles. The second kappa shape index (κ2) is 6.35. The normalized spacial score (nSPS) is 10.3. The summed E-state index contributed by atoms with van der Waals surface area (Å²) in [4.78, 5) is 11.7. The van der Waals surface area contributed by atoms with Crippen LogP contribution in [0, 0.1) is 25.5 Å². The van der Waals surface area contributed by atoms with E-state index in [-0.39, 0.29) is 5.69 Å². The molecule has 0 aliphatic heterocycles. The summed E-state index contributed by atoms with van der Waals surface area (Å²) in [6.07, 6.45) is 0. The number of anilines is 1. The third-order valence-corrected chi connectivity index (χ3v) is 2.91. The van der Waals surface area contributed by atoms with Gasteiger partial charge in [-0.2, -0.15) is 0 Å². The summed E-state index contributed by atoms with van der Waals surface area (Å²) >= 11 is 0. The zero-order valence-electron chi connectivity index (χ0n) is 11.8. The number of amides is 2. The van der Waals surface area contributed by atoms with Gasteiger partial charge in [-0.05, 0) is 31.5 Å².